The van der Waals surface area contributed by atoms with E-state index in [0.717, 1.165) is 23.4 Å². The van der Waals surface area contributed by atoms with Crippen LogP contribution in [0.15, 0.2) is 36.9 Å². The summed E-state index contributed by atoms with van der Waals surface area (Å²) in [6.45, 7) is 4.46. The van der Waals surface area contributed by atoms with E-state index in [1.165, 1.54) is 12.2 Å². The molecule has 1 heterocycles. The van der Waals surface area contributed by atoms with E-state index in [1.807, 2.05) is 24.3 Å². The number of amides is 1. The minimum absolute atomic E-state index is 0.0242. The average Bonchev–Trinajstić information content (AvgIpc) is 2.89. The van der Waals surface area contributed by atoms with E-state index in [9.17, 15) is 4.79 Å². The van der Waals surface area contributed by atoms with Crippen molar-refractivity contribution in [2.75, 3.05) is 20.7 Å². The maximum atomic E-state index is 12.4. The molecule has 1 aliphatic rings. The maximum absolute atomic E-state index is 12.4. The van der Waals surface area contributed by atoms with E-state index < -0.39 is 0 Å². The highest BCUT2D eigenvalue weighted by molar-refractivity contribution is 6.30. The van der Waals surface area contributed by atoms with Gasteiger partial charge in [0, 0.05) is 24.7 Å². The Morgan fingerprint density at radius 2 is 2.33 bits per heavy atom. The molecule has 2 rings (SSSR count). The quantitative estimate of drug-likeness (QED) is 0.619. The van der Waals surface area contributed by atoms with Crippen LogP contribution in [0.4, 0.5) is 0 Å². The molecule has 4 nitrogen and oxygen atoms in total. The van der Waals surface area contributed by atoms with Crippen molar-refractivity contribution in [3.8, 4) is 0 Å². The fraction of sp³-hybridized carbons (Fsp3) is 0.438. The summed E-state index contributed by atoms with van der Waals surface area (Å²) in [5.74, 6) is -0.0242. The Balaban J connectivity index is 2.24. The maximum Gasteiger partial charge on any atom is 0.263 e. The first-order valence-electron chi connectivity index (χ1n) is 7.02. The zero-order chi connectivity index (χ0) is 15.4. The molecule has 21 heavy (non-hydrogen) atoms. The highest BCUT2D eigenvalue weighted by atomic mass is 35.5. The van der Waals surface area contributed by atoms with Gasteiger partial charge in [-0.15, -0.1) is 6.58 Å². The van der Waals surface area contributed by atoms with Gasteiger partial charge in [-0.25, -0.2) is 5.06 Å². The highest BCUT2D eigenvalue weighted by Gasteiger charge is 2.39. The molecule has 0 saturated carbocycles. The molecule has 114 valence electrons. The fourth-order valence-corrected chi connectivity index (χ4v) is 3.10. The molecule has 0 aromatic heterocycles. The first kappa shape index (κ1) is 16.0. The molecule has 0 spiro atoms. The van der Waals surface area contributed by atoms with Crippen LogP contribution in [-0.2, 0) is 9.63 Å². The zero-order valence-electron chi connectivity index (χ0n) is 12.5. The van der Waals surface area contributed by atoms with Crippen molar-refractivity contribution in [1.82, 2.24) is 9.96 Å². The van der Waals surface area contributed by atoms with Crippen molar-refractivity contribution in [1.29, 1.82) is 0 Å². The van der Waals surface area contributed by atoms with Gasteiger partial charge in [0.25, 0.3) is 5.91 Å². The topological polar surface area (TPSA) is 32.8 Å². The van der Waals surface area contributed by atoms with Crippen LogP contribution in [0.1, 0.15) is 24.4 Å². The molecular formula is C16H21ClN2O2. The molecule has 1 aromatic carbocycles. The van der Waals surface area contributed by atoms with E-state index >= 15 is 0 Å². The first-order valence-corrected chi connectivity index (χ1v) is 7.40. The molecule has 0 N–H and O–H groups in total. The molecule has 0 aliphatic carbocycles. The molecule has 1 aliphatic heterocycles. The Labute approximate surface area is 130 Å². The second-order valence-electron chi connectivity index (χ2n) is 5.17. The number of hydroxylamine groups is 2. The third kappa shape index (κ3) is 3.46. The number of hydrogen-bond donors (Lipinski definition) is 0. The van der Waals surface area contributed by atoms with Crippen molar-refractivity contribution in [3.63, 3.8) is 0 Å². The van der Waals surface area contributed by atoms with Crippen LogP contribution in [0.25, 0.3) is 0 Å². The molecule has 0 bridgehead atoms. The Bertz CT molecular complexity index is 521. The van der Waals surface area contributed by atoms with E-state index in [2.05, 4.69) is 17.5 Å². The lowest BCUT2D eigenvalue weighted by atomic mass is 10.0. The van der Waals surface area contributed by atoms with Crippen LogP contribution in [-0.4, -0.2) is 42.6 Å². The summed E-state index contributed by atoms with van der Waals surface area (Å²) in [6.07, 6.45) is 3.55. The van der Waals surface area contributed by atoms with Gasteiger partial charge in [-0.05, 0) is 30.5 Å². The van der Waals surface area contributed by atoms with Gasteiger partial charge in [0.15, 0.2) is 0 Å². The molecule has 1 aromatic rings. The summed E-state index contributed by atoms with van der Waals surface area (Å²) < 4.78 is 0. The summed E-state index contributed by atoms with van der Waals surface area (Å²) in [4.78, 5) is 19.6. The fourth-order valence-electron chi connectivity index (χ4n) is 2.91. The number of likely N-dealkylation sites (N-methyl/N-ethyl adjacent to an activating group) is 1. The number of benzene rings is 1. The number of carbonyl (C=O) groups is 1. The third-order valence-electron chi connectivity index (χ3n) is 3.96. The molecule has 2 atom stereocenters. The number of likely N-dealkylation sites (tertiary alicyclic amines) is 1. The lowest BCUT2D eigenvalue weighted by molar-refractivity contribution is -0.173. The summed E-state index contributed by atoms with van der Waals surface area (Å²) in [5.41, 5.74) is 1.14. The molecule has 1 amide bonds. The van der Waals surface area contributed by atoms with Gasteiger partial charge in [-0.1, -0.05) is 29.8 Å². The number of nitrogens with zero attached hydrogens (tertiary/aromatic N) is 2. The average molecular weight is 309 g/mol. The first-order chi connectivity index (χ1) is 10.1. The molecule has 5 heteroatoms. The smallest absolute Gasteiger partial charge is 0.263 e. The van der Waals surface area contributed by atoms with Gasteiger partial charge in [0.1, 0.15) is 0 Å². The van der Waals surface area contributed by atoms with Gasteiger partial charge >= 0.3 is 0 Å². The van der Waals surface area contributed by atoms with Gasteiger partial charge in [-0.2, -0.15) is 0 Å². The number of hydrogen-bond acceptors (Lipinski definition) is 3. The van der Waals surface area contributed by atoms with Crippen LogP contribution in [0.5, 0.6) is 0 Å². The predicted molar refractivity (Wildman–Crippen MR) is 83.9 cm³/mol. The SMILES string of the molecule is C=CCN1[C@@H](C(=O)N(C)OC)CC[C@H]1c1cccc(Cl)c1. The van der Waals surface area contributed by atoms with Gasteiger partial charge < -0.3 is 0 Å². The zero-order valence-corrected chi connectivity index (χ0v) is 13.2. The summed E-state index contributed by atoms with van der Waals surface area (Å²) >= 11 is 6.09. The van der Waals surface area contributed by atoms with E-state index in [-0.39, 0.29) is 18.0 Å². The molecule has 0 radical (unpaired) electrons. The van der Waals surface area contributed by atoms with E-state index in [4.69, 9.17) is 16.4 Å². The largest absolute Gasteiger partial charge is 0.281 e. The summed E-state index contributed by atoms with van der Waals surface area (Å²) in [5, 5.41) is 2.01. The number of halogens is 1. The molecule has 1 saturated heterocycles. The van der Waals surface area contributed by atoms with E-state index in [0.29, 0.717) is 6.54 Å². The highest BCUT2D eigenvalue weighted by Crippen LogP contribution is 2.37. The molecule has 0 unspecified atom stereocenters. The Morgan fingerprint density at radius 3 is 2.95 bits per heavy atom. The number of carbonyl (C=O) groups excluding carboxylic acids is 1. The van der Waals surface area contributed by atoms with Gasteiger partial charge in [-0.3, -0.25) is 14.5 Å². The lowest BCUT2D eigenvalue weighted by Crippen LogP contribution is -2.44. The Morgan fingerprint density at radius 1 is 1.57 bits per heavy atom. The molecule has 1 fully saturated rings. The minimum atomic E-state index is -0.183. The van der Waals surface area contributed by atoms with Crippen molar-refractivity contribution >= 4 is 17.5 Å². The van der Waals surface area contributed by atoms with Crippen LogP contribution in [0, 0.1) is 0 Å². The van der Waals surface area contributed by atoms with Gasteiger partial charge in [0.05, 0.1) is 13.2 Å². The van der Waals surface area contributed by atoms with Crippen molar-refractivity contribution in [2.24, 2.45) is 0 Å². The van der Waals surface area contributed by atoms with Crippen molar-refractivity contribution in [3.05, 3.63) is 47.5 Å². The van der Waals surface area contributed by atoms with Crippen LogP contribution < -0.4 is 0 Å². The molecular weight excluding hydrogens is 288 g/mol. The van der Waals surface area contributed by atoms with Crippen LogP contribution >= 0.6 is 11.6 Å². The van der Waals surface area contributed by atoms with Crippen molar-refractivity contribution < 1.29 is 9.63 Å². The van der Waals surface area contributed by atoms with E-state index in [1.54, 1.807) is 7.05 Å². The third-order valence-corrected chi connectivity index (χ3v) is 4.19. The monoisotopic (exact) mass is 308 g/mol. The van der Waals surface area contributed by atoms with Crippen molar-refractivity contribution in [2.45, 2.75) is 24.9 Å². The lowest BCUT2D eigenvalue weighted by Gasteiger charge is -2.30. The predicted octanol–water partition coefficient (Wildman–Crippen LogP) is 3.05. The Hall–Kier alpha value is -1.36. The van der Waals surface area contributed by atoms with Crippen LogP contribution in [0.3, 0.4) is 0 Å². The minimum Gasteiger partial charge on any atom is -0.281 e. The Kier molecular flexibility index (Phi) is 5.39. The summed E-state index contributed by atoms with van der Waals surface area (Å²) in [6, 6.07) is 7.83. The summed E-state index contributed by atoms with van der Waals surface area (Å²) in [7, 11) is 3.14. The second-order valence-corrected chi connectivity index (χ2v) is 5.60. The van der Waals surface area contributed by atoms with Crippen LogP contribution in [0.2, 0.25) is 5.02 Å². The normalized spacial score (nSPS) is 22.2. The number of rotatable bonds is 5. The second kappa shape index (κ2) is 7.07. The van der Waals surface area contributed by atoms with Gasteiger partial charge in [0.2, 0.25) is 0 Å². The standard InChI is InChI=1S/C16H21ClN2O2/c1-4-10-19-14(12-6-5-7-13(17)11-12)8-9-15(19)16(20)18(2)21-3/h4-7,11,14-15H,1,8-10H2,2-3H3/t14-,15+/m0/s1.